The van der Waals surface area contributed by atoms with E-state index < -0.39 is 218 Å². The maximum atomic E-state index is 14.2. The van der Waals surface area contributed by atoms with Crippen molar-refractivity contribution in [2.45, 2.75) is 225 Å². The molecule has 3 aliphatic rings. The molecule has 3 fully saturated rings. The van der Waals surface area contributed by atoms with E-state index in [2.05, 4.69) is 42.5 Å². The van der Waals surface area contributed by atoms with Crippen LogP contribution in [-0.2, 0) is 66.9 Å². The summed E-state index contributed by atoms with van der Waals surface area (Å²) < 4.78 is 23.1. The van der Waals surface area contributed by atoms with Crippen molar-refractivity contribution in [3.63, 3.8) is 0 Å². The van der Waals surface area contributed by atoms with Crippen molar-refractivity contribution < 1.29 is 103 Å². The topological polar surface area (TPSA) is 475 Å². The molecule has 31 heteroatoms. The van der Waals surface area contributed by atoms with Crippen LogP contribution >= 0.6 is 0 Å². The molecule has 9 amide bonds. The van der Waals surface area contributed by atoms with E-state index in [-0.39, 0.29) is 13.0 Å². The highest BCUT2D eigenvalue weighted by atomic mass is 16.7. The van der Waals surface area contributed by atoms with Crippen molar-refractivity contribution in [3.8, 4) is 0 Å². The molecule has 0 radical (unpaired) electrons. The van der Waals surface area contributed by atoms with E-state index in [4.69, 9.17) is 24.7 Å². The number of nitrogens with zero attached hydrogens (tertiary/aromatic N) is 1. The van der Waals surface area contributed by atoms with Gasteiger partial charge in [-0.2, -0.15) is 0 Å². The number of nitrogens with two attached hydrogens (primary N) is 1. The maximum Gasteiger partial charge on any atom is 0.326 e. The van der Waals surface area contributed by atoms with Gasteiger partial charge in [-0.15, -0.1) is 0 Å². The number of amides is 9. The molecule has 3 saturated heterocycles. The first-order valence-corrected chi connectivity index (χ1v) is 27.8. The lowest BCUT2D eigenvalue weighted by molar-refractivity contribution is -0.347. The molecule has 0 bridgehead atoms. The summed E-state index contributed by atoms with van der Waals surface area (Å²) in [5.74, 6) is -10.2. The number of aliphatic hydroxyl groups is 6. The average molecular weight is 1190 g/mol. The molecule has 20 atom stereocenters. The minimum atomic E-state index is -1.93. The van der Waals surface area contributed by atoms with Gasteiger partial charge in [0.05, 0.1) is 19.3 Å². The molecule has 83 heavy (non-hydrogen) atoms. The Kier molecular flexibility index (Phi) is 27.5. The molecule has 0 spiro atoms. The number of carbonyl (C=O) groups excluding carboxylic acids is 9. The molecular formula is C52H90N10O21. The molecule has 3 aliphatic heterocycles. The molecule has 9 unspecified atom stereocenters. The third-order valence-corrected chi connectivity index (χ3v) is 14.6. The van der Waals surface area contributed by atoms with Gasteiger partial charge in [0.25, 0.3) is 0 Å². The highest BCUT2D eigenvalue weighted by Crippen LogP contribution is 2.31. The molecule has 3 heterocycles. The predicted molar refractivity (Wildman–Crippen MR) is 289 cm³/mol. The minimum absolute atomic E-state index is 0.0873. The summed E-state index contributed by atoms with van der Waals surface area (Å²) in [6.45, 7) is 17.9. The van der Waals surface area contributed by atoms with Gasteiger partial charge >= 0.3 is 5.97 Å². The van der Waals surface area contributed by atoms with Gasteiger partial charge < -0.3 is 108 Å². The largest absolute Gasteiger partial charge is 0.480 e. The van der Waals surface area contributed by atoms with Crippen molar-refractivity contribution >= 4 is 59.1 Å². The van der Waals surface area contributed by atoms with Crippen molar-refractivity contribution in [2.24, 2.45) is 29.4 Å². The summed E-state index contributed by atoms with van der Waals surface area (Å²) in [6.07, 6.45) is -16.1. The van der Waals surface area contributed by atoms with Crippen LogP contribution in [0.1, 0.15) is 103 Å². The summed E-state index contributed by atoms with van der Waals surface area (Å²) in [6, 6.07) is -12.8. The molecule has 0 aromatic carbocycles. The zero-order chi connectivity index (χ0) is 63.2. The van der Waals surface area contributed by atoms with E-state index in [1.165, 1.54) is 32.6 Å². The Labute approximate surface area is 481 Å². The molecule has 0 aromatic rings. The Morgan fingerprint density at radius 2 is 0.988 bits per heavy atom. The van der Waals surface area contributed by atoms with Gasteiger partial charge in [0, 0.05) is 13.5 Å². The first-order valence-electron chi connectivity index (χ1n) is 27.8. The van der Waals surface area contributed by atoms with Gasteiger partial charge in [0.1, 0.15) is 103 Å². The molecular weight excluding hydrogens is 1100 g/mol. The summed E-state index contributed by atoms with van der Waals surface area (Å²) in [5, 5.41) is 92.0. The lowest BCUT2D eigenvalue weighted by atomic mass is 9.95. The Bertz CT molecular complexity index is 2260. The lowest BCUT2D eigenvalue weighted by Crippen LogP contribution is -2.68. The molecule has 31 nitrogen and oxygen atoms in total. The fraction of sp³-hybridized carbons (Fsp3) is 0.808. The smallest absolute Gasteiger partial charge is 0.326 e. The fourth-order valence-electron chi connectivity index (χ4n) is 9.35. The van der Waals surface area contributed by atoms with Gasteiger partial charge in [0.2, 0.25) is 53.2 Å². The number of aliphatic hydroxyl groups excluding tert-OH is 6. The van der Waals surface area contributed by atoms with E-state index in [1.54, 1.807) is 55.4 Å². The number of likely N-dealkylation sites (tertiary alicyclic amines) is 1. The van der Waals surface area contributed by atoms with Crippen LogP contribution < -0.4 is 48.3 Å². The SMILES string of the molecule is CC(=O)NC1[C@@H](OC(C)[C@H](N)C(=O)NC(C(=O)N2CCC[C@H]2C(=O)NC(C)C(=O)N[C@@H](C)C(=O)NC(C(=O)N[C@H](C(=O)NC(C)C(=O)N[C@H](C(=O)O)C(C)C)C(C)C)C(C)C)C(C)C)OC(CO)[C@H](O)[C@@H]1O[C@@H]1OC(CO)[C@H](O)C(O)[C@@H]1O. The van der Waals surface area contributed by atoms with Crippen LogP contribution in [0.4, 0.5) is 0 Å². The standard InChI is InChI=1S/C52H90N10O21/c1-19(2)32(47(75)56-25(11)44(72)61-35(22(7)8)50(78)79)59-48(76)33(20(3)4)58-43(71)24(10)54-42(70)23(9)55-45(73)28-15-14-16-62(28)49(77)34(21(5)6)60-46(74)31(53)26(12)80-51-36(57-27(13)65)41(38(67)30(18-64)81-51)83-52-40(69)39(68)37(66)29(17-63)82-52/h19-26,28-41,51-52,63-64,66-69H,14-18,53H2,1-13H3,(H,54,70)(H,55,73)(H,56,75)(H,57,65)(H,58,71)(H,59,76)(H,60,74)(H,61,72)(H,78,79)/t23?,24-,25?,26?,28-,29?,30?,31-,32-,33?,34?,35-,36?,37-,38-,39?,40-,41+,51-,52-/m0/s1. The van der Waals surface area contributed by atoms with Crippen LogP contribution in [0.25, 0.3) is 0 Å². The highest BCUT2D eigenvalue weighted by molar-refractivity contribution is 5.98. The summed E-state index contributed by atoms with van der Waals surface area (Å²) >= 11 is 0. The third-order valence-electron chi connectivity index (χ3n) is 14.6. The number of carboxylic acids is 1. The lowest BCUT2D eigenvalue weighted by Gasteiger charge is -2.48. The molecule has 0 aliphatic carbocycles. The second kappa shape index (κ2) is 32.0. The molecule has 17 N–H and O–H groups in total. The normalized spacial score (nSPS) is 27.9. The monoisotopic (exact) mass is 1190 g/mol. The van der Waals surface area contributed by atoms with Crippen LogP contribution in [0, 0.1) is 23.7 Å². The number of rotatable bonds is 28. The molecule has 3 rings (SSSR count). The molecule has 0 saturated carbocycles. The highest BCUT2D eigenvalue weighted by Gasteiger charge is 2.52. The van der Waals surface area contributed by atoms with E-state index in [0.29, 0.717) is 6.42 Å². The van der Waals surface area contributed by atoms with Crippen LogP contribution in [-0.4, -0.2) is 241 Å². The zero-order valence-electron chi connectivity index (χ0n) is 49.3. The Morgan fingerprint density at radius 1 is 0.554 bits per heavy atom. The molecule has 474 valence electrons. The van der Waals surface area contributed by atoms with Crippen molar-refractivity contribution in [2.75, 3.05) is 19.8 Å². The number of aliphatic carboxylic acids is 1. The first-order chi connectivity index (χ1) is 38.6. The van der Waals surface area contributed by atoms with Gasteiger partial charge in [-0.1, -0.05) is 55.4 Å². The number of nitrogens with one attached hydrogen (secondary N) is 8. The van der Waals surface area contributed by atoms with Crippen LogP contribution in [0.2, 0.25) is 0 Å². The average Bonchev–Trinajstić information content (AvgIpc) is 3.85. The fourth-order valence-corrected chi connectivity index (χ4v) is 9.35. The van der Waals surface area contributed by atoms with Crippen molar-refractivity contribution in [3.05, 3.63) is 0 Å². The Morgan fingerprint density at radius 3 is 1.48 bits per heavy atom. The second-order valence-corrected chi connectivity index (χ2v) is 22.7. The van der Waals surface area contributed by atoms with E-state index in [9.17, 15) is 83.7 Å². The quantitative estimate of drug-likeness (QED) is 0.0346. The predicted octanol–water partition coefficient (Wildman–Crippen LogP) is -6.36. The van der Waals surface area contributed by atoms with Gasteiger partial charge in [-0.3, -0.25) is 43.2 Å². The second-order valence-electron chi connectivity index (χ2n) is 22.7. The number of carbonyl (C=O) groups is 10. The maximum absolute atomic E-state index is 14.2. The van der Waals surface area contributed by atoms with Gasteiger partial charge in [-0.25, -0.2) is 4.79 Å². The first kappa shape index (κ1) is 71.5. The van der Waals surface area contributed by atoms with E-state index in [0.717, 1.165) is 6.92 Å². The van der Waals surface area contributed by atoms with Crippen LogP contribution in [0.3, 0.4) is 0 Å². The van der Waals surface area contributed by atoms with E-state index >= 15 is 0 Å². The number of hydrogen-bond donors (Lipinski definition) is 16. The Balaban J connectivity index is 1.65. The number of ether oxygens (including phenoxy) is 4. The minimum Gasteiger partial charge on any atom is -0.480 e. The summed E-state index contributed by atoms with van der Waals surface area (Å²) in [7, 11) is 0. The summed E-state index contributed by atoms with van der Waals surface area (Å²) in [5.41, 5.74) is 6.38. The number of carboxylic acid groups (broad SMARTS) is 1. The third kappa shape index (κ3) is 19.1. The van der Waals surface area contributed by atoms with Gasteiger partial charge in [-0.05, 0) is 64.2 Å². The summed E-state index contributed by atoms with van der Waals surface area (Å²) in [4.78, 5) is 134. The van der Waals surface area contributed by atoms with Crippen LogP contribution in [0.5, 0.6) is 0 Å². The Hall–Kier alpha value is -5.74. The van der Waals surface area contributed by atoms with Crippen molar-refractivity contribution in [1.82, 2.24) is 47.4 Å². The zero-order valence-corrected chi connectivity index (χ0v) is 49.3. The van der Waals surface area contributed by atoms with Crippen LogP contribution in [0.15, 0.2) is 0 Å². The molecule has 0 aromatic heterocycles. The van der Waals surface area contributed by atoms with Crippen molar-refractivity contribution in [1.29, 1.82) is 0 Å². The number of hydrogen-bond acceptors (Lipinski definition) is 21. The van der Waals surface area contributed by atoms with Gasteiger partial charge in [0.15, 0.2) is 12.6 Å². The van der Waals surface area contributed by atoms with E-state index in [1.807, 2.05) is 0 Å².